The predicted octanol–water partition coefficient (Wildman–Crippen LogP) is 6.65. The van der Waals surface area contributed by atoms with Gasteiger partial charge in [0.05, 0.1) is 0 Å². The van der Waals surface area contributed by atoms with Gasteiger partial charge >= 0.3 is 0 Å². The van der Waals surface area contributed by atoms with E-state index in [1.54, 1.807) is 0 Å². The molecule has 0 aliphatic carbocycles. The zero-order valence-electron chi connectivity index (χ0n) is 23.0. The summed E-state index contributed by atoms with van der Waals surface area (Å²) in [4.78, 5) is 2.15. The Balaban J connectivity index is 0.000000716. The third kappa shape index (κ3) is 8.51. The number of ether oxygens (including phenoxy) is 1. The van der Waals surface area contributed by atoms with Gasteiger partial charge in [-0.2, -0.15) is 0 Å². The van der Waals surface area contributed by atoms with Gasteiger partial charge in [0.2, 0.25) is 0 Å². The molecule has 0 radical (unpaired) electrons. The van der Waals surface area contributed by atoms with Crippen LogP contribution in [0.15, 0.2) is 36.4 Å². The molecule has 202 valence electrons. The van der Waals surface area contributed by atoms with E-state index in [-0.39, 0.29) is 17.1 Å². The van der Waals surface area contributed by atoms with Crippen molar-refractivity contribution >= 4 is 0 Å². The summed E-state index contributed by atoms with van der Waals surface area (Å²) in [5.41, 5.74) is 8.33. The maximum absolute atomic E-state index is 10.7. The Labute approximate surface area is 232 Å². The number of aromatic hydroxyl groups is 3. The van der Waals surface area contributed by atoms with Gasteiger partial charge in [-0.1, -0.05) is 53.1 Å². The van der Waals surface area contributed by atoms with Crippen molar-refractivity contribution in [3.63, 3.8) is 0 Å². The van der Waals surface area contributed by atoms with E-state index in [0.717, 1.165) is 63.3 Å². The third-order valence-electron chi connectivity index (χ3n) is 6.58. The summed E-state index contributed by atoms with van der Waals surface area (Å²) in [6.45, 7) is 15.3. The fraction of sp³-hybridized carbons (Fsp3) is 0.419. The fourth-order valence-corrected chi connectivity index (χ4v) is 4.91. The zero-order chi connectivity index (χ0) is 26.4. The van der Waals surface area contributed by atoms with Crippen molar-refractivity contribution in [3.8, 4) is 17.2 Å². The average Bonchev–Trinajstić information content (AvgIpc) is 3.38. The quantitative estimate of drug-likeness (QED) is 0.302. The van der Waals surface area contributed by atoms with Gasteiger partial charge in [0.25, 0.3) is 0 Å². The largest absolute Gasteiger partial charge is 0.507 e. The van der Waals surface area contributed by atoms with Crippen molar-refractivity contribution in [2.75, 3.05) is 13.2 Å². The monoisotopic (exact) mass is 547 g/mol. The number of rotatable bonds is 6. The molecule has 0 amide bonds. The van der Waals surface area contributed by atoms with E-state index in [4.69, 9.17) is 4.74 Å². The molecular formula is C31H41FeNO4. The van der Waals surface area contributed by atoms with Gasteiger partial charge in [-0.15, -0.1) is 0 Å². The Morgan fingerprint density at radius 1 is 0.568 bits per heavy atom. The number of benzene rings is 3. The Hall–Kier alpha value is -2.50. The Kier molecular flexibility index (Phi) is 11.5. The predicted molar refractivity (Wildman–Crippen MR) is 146 cm³/mol. The first-order chi connectivity index (χ1) is 17.0. The topological polar surface area (TPSA) is 73.2 Å². The van der Waals surface area contributed by atoms with E-state index < -0.39 is 0 Å². The molecule has 0 bridgehead atoms. The number of phenols is 3. The molecule has 4 rings (SSSR count). The van der Waals surface area contributed by atoms with E-state index in [1.807, 2.05) is 77.9 Å². The molecular weight excluding hydrogens is 506 g/mol. The molecule has 0 unspecified atom stereocenters. The molecule has 3 aromatic carbocycles. The van der Waals surface area contributed by atoms with Crippen LogP contribution in [0.25, 0.3) is 0 Å². The second-order valence-electron chi connectivity index (χ2n) is 10.2. The van der Waals surface area contributed by atoms with Gasteiger partial charge in [-0.05, 0) is 71.1 Å². The second-order valence-corrected chi connectivity index (χ2v) is 10.2. The van der Waals surface area contributed by atoms with Crippen LogP contribution in [-0.4, -0.2) is 33.4 Å². The normalized spacial score (nSPS) is 12.7. The molecule has 1 fully saturated rings. The van der Waals surface area contributed by atoms with Crippen molar-refractivity contribution in [3.05, 3.63) is 86.5 Å². The molecule has 5 nitrogen and oxygen atoms in total. The molecule has 0 spiro atoms. The van der Waals surface area contributed by atoms with Crippen molar-refractivity contribution in [2.45, 2.75) is 74.0 Å². The summed E-state index contributed by atoms with van der Waals surface area (Å²) in [5.74, 6) is 0.889. The van der Waals surface area contributed by atoms with Crippen LogP contribution in [0, 0.1) is 41.5 Å². The van der Waals surface area contributed by atoms with Crippen LogP contribution in [0.3, 0.4) is 0 Å². The molecule has 3 N–H and O–H groups in total. The number of hydrogen-bond donors (Lipinski definition) is 3. The number of hydrogen-bond acceptors (Lipinski definition) is 5. The van der Waals surface area contributed by atoms with E-state index in [2.05, 4.69) is 4.90 Å². The molecule has 1 aliphatic rings. The molecule has 1 heterocycles. The Morgan fingerprint density at radius 3 is 1.11 bits per heavy atom. The molecule has 3 aromatic rings. The molecule has 1 aliphatic heterocycles. The van der Waals surface area contributed by atoms with Crippen LogP contribution in [0.1, 0.15) is 62.9 Å². The summed E-state index contributed by atoms with van der Waals surface area (Å²) < 4.78 is 4.94. The molecule has 0 aromatic heterocycles. The van der Waals surface area contributed by atoms with Crippen molar-refractivity contribution < 1.29 is 37.1 Å². The standard InChI is InChI=1S/C27H33NO3.C4H8O.Fe/c1-16-7-19(4)25(29)22(10-16)13-28(14-23-11-17(2)8-20(5)26(23)30)15-24-12-18(3)9-21(6)27(24)31;1-2-4-5-3-1;/h7-12,29-31H,13-15H2,1-6H3;1-4H2;. The van der Waals surface area contributed by atoms with Crippen LogP contribution >= 0.6 is 0 Å². The van der Waals surface area contributed by atoms with E-state index in [1.165, 1.54) is 12.8 Å². The smallest absolute Gasteiger partial charge is 0.122 e. The minimum Gasteiger partial charge on any atom is -0.507 e. The van der Waals surface area contributed by atoms with Gasteiger partial charge in [0, 0.05) is 66.6 Å². The van der Waals surface area contributed by atoms with Gasteiger partial charge in [-0.25, -0.2) is 0 Å². The first-order valence-corrected chi connectivity index (χ1v) is 12.7. The van der Waals surface area contributed by atoms with Crippen molar-refractivity contribution in [1.82, 2.24) is 4.90 Å². The van der Waals surface area contributed by atoms with Gasteiger partial charge in [-0.3, -0.25) is 4.90 Å². The van der Waals surface area contributed by atoms with Crippen molar-refractivity contribution in [2.24, 2.45) is 0 Å². The Morgan fingerprint density at radius 2 is 0.865 bits per heavy atom. The van der Waals surface area contributed by atoms with Crippen LogP contribution < -0.4 is 0 Å². The summed E-state index contributed by atoms with van der Waals surface area (Å²) in [6.07, 6.45) is 2.56. The van der Waals surface area contributed by atoms with Gasteiger partial charge < -0.3 is 20.1 Å². The van der Waals surface area contributed by atoms with Crippen LogP contribution in [0.5, 0.6) is 17.2 Å². The first kappa shape index (κ1) is 30.7. The summed E-state index contributed by atoms with van der Waals surface area (Å²) in [6, 6.07) is 11.9. The molecule has 37 heavy (non-hydrogen) atoms. The third-order valence-corrected chi connectivity index (χ3v) is 6.58. The molecule has 0 saturated carbocycles. The molecule has 6 heteroatoms. The van der Waals surface area contributed by atoms with Crippen LogP contribution in [0.2, 0.25) is 0 Å². The first-order valence-electron chi connectivity index (χ1n) is 12.7. The van der Waals surface area contributed by atoms with E-state index in [0.29, 0.717) is 36.9 Å². The number of nitrogens with zero attached hydrogens (tertiary/aromatic N) is 1. The minimum atomic E-state index is 0. The SMILES string of the molecule is C1CCOC1.Cc1cc(C)c(O)c(CN(Cc2cc(C)cc(C)c2O)Cc2cc(C)cc(C)c2O)c1.[Fe]. The maximum atomic E-state index is 10.7. The summed E-state index contributed by atoms with van der Waals surface area (Å²) in [5, 5.41) is 32.0. The Bertz CT molecular complexity index is 1060. The van der Waals surface area contributed by atoms with Gasteiger partial charge in [0.1, 0.15) is 17.2 Å². The number of aryl methyl sites for hydroxylation is 6. The van der Waals surface area contributed by atoms with Gasteiger partial charge in [0.15, 0.2) is 0 Å². The average molecular weight is 548 g/mol. The molecule has 1 saturated heterocycles. The van der Waals surface area contributed by atoms with E-state index >= 15 is 0 Å². The maximum Gasteiger partial charge on any atom is 0.122 e. The molecule has 0 atom stereocenters. The van der Waals surface area contributed by atoms with Crippen LogP contribution in [0.4, 0.5) is 0 Å². The van der Waals surface area contributed by atoms with E-state index in [9.17, 15) is 15.3 Å². The number of phenolic OH excluding ortho intramolecular Hbond substituents is 3. The zero-order valence-corrected chi connectivity index (χ0v) is 24.1. The van der Waals surface area contributed by atoms with Crippen LogP contribution in [-0.2, 0) is 41.4 Å². The van der Waals surface area contributed by atoms with Crippen molar-refractivity contribution in [1.29, 1.82) is 0 Å². The summed E-state index contributed by atoms with van der Waals surface area (Å²) >= 11 is 0. The fourth-order valence-electron chi connectivity index (χ4n) is 4.91. The second kappa shape index (κ2) is 13.9. The summed E-state index contributed by atoms with van der Waals surface area (Å²) in [7, 11) is 0. The minimum absolute atomic E-state index is 0.